The summed E-state index contributed by atoms with van der Waals surface area (Å²) in [6.07, 6.45) is 23.3. The zero-order valence-electron chi connectivity index (χ0n) is 22.6. The van der Waals surface area contributed by atoms with Crippen LogP contribution in [0.25, 0.3) is 0 Å². The zero-order valence-corrected chi connectivity index (χ0v) is 22.6. The van der Waals surface area contributed by atoms with Gasteiger partial charge in [-0.3, -0.25) is 0 Å². The van der Waals surface area contributed by atoms with Crippen molar-refractivity contribution in [2.45, 2.75) is 130 Å². The summed E-state index contributed by atoms with van der Waals surface area (Å²) < 4.78 is 0. The predicted octanol–water partition coefficient (Wildman–Crippen LogP) is 8.94. The van der Waals surface area contributed by atoms with Gasteiger partial charge in [0.25, 0.3) is 0 Å². The molecule has 1 saturated heterocycles. The van der Waals surface area contributed by atoms with Crippen molar-refractivity contribution in [3.63, 3.8) is 0 Å². The maximum absolute atomic E-state index is 4.31. The fourth-order valence-electron chi connectivity index (χ4n) is 10.0. The van der Waals surface area contributed by atoms with E-state index in [2.05, 4.69) is 45.4 Å². The van der Waals surface area contributed by atoms with Crippen molar-refractivity contribution in [1.29, 1.82) is 0 Å². The van der Waals surface area contributed by atoms with E-state index >= 15 is 0 Å². The fourth-order valence-corrected chi connectivity index (χ4v) is 10.0. The molecule has 1 nitrogen and oxygen atoms in total. The summed E-state index contributed by atoms with van der Waals surface area (Å²) in [5.41, 5.74) is 0. The maximum Gasteiger partial charge on any atom is 0.0319 e. The summed E-state index contributed by atoms with van der Waals surface area (Å²) >= 11 is 0. The topological polar surface area (TPSA) is 3.24 Å². The molecule has 0 aromatic carbocycles. The SMILES string of the molecule is C=CN1C2CCC(CC3CCC(C)C(C)C3)CC2C2CC(CC3CCC(C)CC3C)CCC21. The van der Waals surface area contributed by atoms with Gasteiger partial charge in [0.1, 0.15) is 0 Å². The molecule has 33 heavy (non-hydrogen) atoms. The highest BCUT2D eigenvalue weighted by atomic mass is 15.2. The van der Waals surface area contributed by atoms with Crippen LogP contribution in [0.15, 0.2) is 12.8 Å². The molecule has 1 aliphatic heterocycles. The van der Waals surface area contributed by atoms with Crippen LogP contribution in [-0.4, -0.2) is 17.0 Å². The van der Waals surface area contributed by atoms with E-state index < -0.39 is 0 Å². The minimum absolute atomic E-state index is 0.826. The molecule has 1 heteroatoms. The lowest BCUT2D eigenvalue weighted by molar-refractivity contribution is 0.108. The molecule has 4 aliphatic carbocycles. The summed E-state index contributed by atoms with van der Waals surface area (Å²) in [6, 6.07) is 1.65. The Bertz CT molecular complexity index is 655. The lowest BCUT2D eigenvalue weighted by Gasteiger charge is -2.41. The number of hydrogen-bond acceptors (Lipinski definition) is 1. The second-order valence-corrected chi connectivity index (χ2v) is 14.2. The number of likely N-dealkylation sites (tertiary alicyclic amines) is 1. The average Bonchev–Trinajstić information content (AvgIpc) is 3.10. The van der Waals surface area contributed by atoms with Crippen molar-refractivity contribution in [1.82, 2.24) is 4.90 Å². The Kier molecular flexibility index (Phi) is 7.54. The van der Waals surface area contributed by atoms with E-state index in [-0.39, 0.29) is 0 Å². The molecule has 0 aromatic rings. The second-order valence-electron chi connectivity index (χ2n) is 14.2. The largest absolute Gasteiger partial charge is 0.371 e. The molecule has 12 atom stereocenters. The van der Waals surface area contributed by atoms with Gasteiger partial charge in [0.2, 0.25) is 0 Å². The third kappa shape index (κ3) is 5.09. The van der Waals surface area contributed by atoms with Crippen LogP contribution in [-0.2, 0) is 0 Å². The molecule has 0 amide bonds. The minimum Gasteiger partial charge on any atom is -0.371 e. The van der Waals surface area contributed by atoms with Crippen molar-refractivity contribution in [2.75, 3.05) is 0 Å². The van der Waals surface area contributed by atoms with Crippen LogP contribution < -0.4 is 0 Å². The van der Waals surface area contributed by atoms with E-state index in [0.717, 1.165) is 71.3 Å². The molecule has 5 rings (SSSR count). The van der Waals surface area contributed by atoms with Gasteiger partial charge in [0, 0.05) is 12.1 Å². The van der Waals surface area contributed by atoms with Gasteiger partial charge in [-0.25, -0.2) is 0 Å². The molecule has 0 aromatic heterocycles. The van der Waals surface area contributed by atoms with Gasteiger partial charge in [-0.1, -0.05) is 53.5 Å². The highest BCUT2D eigenvalue weighted by Gasteiger charge is 2.51. The van der Waals surface area contributed by atoms with E-state index in [9.17, 15) is 0 Å². The van der Waals surface area contributed by atoms with Crippen LogP contribution in [0.5, 0.6) is 0 Å². The predicted molar refractivity (Wildman–Crippen MR) is 142 cm³/mol. The summed E-state index contributed by atoms with van der Waals surface area (Å²) in [5, 5.41) is 0. The number of hydrogen-bond donors (Lipinski definition) is 0. The summed E-state index contributed by atoms with van der Waals surface area (Å²) in [7, 11) is 0. The Hall–Kier alpha value is -0.460. The quantitative estimate of drug-likeness (QED) is 0.401. The van der Waals surface area contributed by atoms with Crippen LogP contribution in [0.2, 0.25) is 0 Å². The summed E-state index contributed by atoms with van der Waals surface area (Å²) in [6.45, 7) is 14.4. The van der Waals surface area contributed by atoms with Crippen molar-refractivity contribution in [3.8, 4) is 0 Å². The van der Waals surface area contributed by atoms with E-state index in [1.807, 2.05) is 0 Å². The number of rotatable bonds is 5. The van der Waals surface area contributed by atoms with Crippen LogP contribution >= 0.6 is 0 Å². The Balaban J connectivity index is 1.21. The van der Waals surface area contributed by atoms with Crippen LogP contribution in [0.3, 0.4) is 0 Å². The lowest BCUT2D eigenvalue weighted by atomic mass is 9.64. The highest BCUT2D eigenvalue weighted by Crippen LogP contribution is 2.54. The molecule has 12 unspecified atom stereocenters. The summed E-state index contributed by atoms with van der Waals surface area (Å²) in [4.78, 5) is 2.79. The van der Waals surface area contributed by atoms with Gasteiger partial charge in [0.05, 0.1) is 0 Å². The Labute approximate surface area is 206 Å². The molecule has 0 spiro atoms. The van der Waals surface area contributed by atoms with Crippen LogP contribution in [0, 0.1) is 59.2 Å². The first-order valence-corrected chi connectivity index (χ1v) is 15.3. The maximum atomic E-state index is 4.31. The van der Waals surface area contributed by atoms with E-state index in [1.54, 1.807) is 25.7 Å². The van der Waals surface area contributed by atoms with Crippen molar-refractivity contribution in [2.24, 2.45) is 59.2 Å². The van der Waals surface area contributed by atoms with E-state index in [4.69, 9.17) is 0 Å². The monoisotopic (exact) mass is 453 g/mol. The molecular weight excluding hydrogens is 398 g/mol. The van der Waals surface area contributed by atoms with Gasteiger partial charge in [-0.05, 0) is 136 Å². The molecule has 4 saturated carbocycles. The Morgan fingerprint density at radius 3 is 1.82 bits per heavy atom. The summed E-state index contributed by atoms with van der Waals surface area (Å²) in [5.74, 6) is 9.87. The Morgan fingerprint density at radius 2 is 1.21 bits per heavy atom. The van der Waals surface area contributed by atoms with E-state index in [1.165, 1.54) is 64.2 Å². The van der Waals surface area contributed by atoms with Crippen molar-refractivity contribution < 1.29 is 0 Å². The standard InChI is InChI=1S/C32H55N/c1-6-33-31-13-10-26(17-25-9-8-22(3)23(4)16-25)19-29(31)30-20-27(11-14-32(30)33)18-28-12-7-21(2)15-24(28)5/h6,21-32H,1,7-20H2,2-5H3. The average molecular weight is 454 g/mol. The molecule has 5 fully saturated rings. The molecule has 5 aliphatic rings. The molecule has 1 heterocycles. The number of nitrogens with zero attached hydrogens (tertiary/aromatic N) is 1. The first-order valence-electron chi connectivity index (χ1n) is 15.3. The highest BCUT2D eigenvalue weighted by molar-refractivity contribution is 5.07. The Morgan fingerprint density at radius 1 is 0.606 bits per heavy atom. The van der Waals surface area contributed by atoms with Crippen LogP contribution in [0.4, 0.5) is 0 Å². The molecule has 0 bridgehead atoms. The van der Waals surface area contributed by atoms with Gasteiger partial charge in [-0.15, -0.1) is 0 Å². The molecule has 0 radical (unpaired) electrons. The third-order valence-corrected chi connectivity index (χ3v) is 12.1. The number of fused-ring (bicyclic) bond motifs is 3. The van der Waals surface area contributed by atoms with Crippen LogP contribution in [0.1, 0.15) is 118 Å². The molecule has 188 valence electrons. The first kappa shape index (κ1) is 24.2. The molecular formula is C32H55N. The normalized spacial score (nSPS) is 50.5. The fraction of sp³-hybridized carbons (Fsp3) is 0.938. The second kappa shape index (κ2) is 10.3. The third-order valence-electron chi connectivity index (χ3n) is 12.1. The molecule has 0 N–H and O–H groups in total. The zero-order chi connectivity index (χ0) is 23.1. The van der Waals surface area contributed by atoms with Crippen molar-refractivity contribution >= 4 is 0 Å². The van der Waals surface area contributed by atoms with Crippen molar-refractivity contribution in [3.05, 3.63) is 12.8 Å². The van der Waals surface area contributed by atoms with Gasteiger partial charge >= 0.3 is 0 Å². The van der Waals surface area contributed by atoms with Gasteiger partial charge < -0.3 is 4.90 Å². The van der Waals surface area contributed by atoms with E-state index in [0.29, 0.717) is 0 Å². The van der Waals surface area contributed by atoms with Gasteiger partial charge in [0.15, 0.2) is 0 Å². The minimum atomic E-state index is 0.826. The van der Waals surface area contributed by atoms with Gasteiger partial charge in [-0.2, -0.15) is 0 Å². The smallest absolute Gasteiger partial charge is 0.0319 e. The lowest BCUT2D eigenvalue weighted by Crippen LogP contribution is -2.37. The first-order chi connectivity index (χ1) is 15.9.